The number of carbonyl (C=O) groups is 1. The highest BCUT2D eigenvalue weighted by Gasteiger charge is 2.36. The lowest BCUT2D eigenvalue weighted by Gasteiger charge is -2.14. The molecule has 1 aliphatic rings. The molecule has 3 heterocycles. The molecule has 1 aliphatic heterocycles. The Hall–Kier alpha value is -2.06. The quantitative estimate of drug-likeness (QED) is 0.813. The summed E-state index contributed by atoms with van der Waals surface area (Å²) < 4.78 is 13.2. The average Bonchev–Trinajstić information content (AvgIpc) is 3.10. The molecule has 2 aromatic heterocycles. The van der Waals surface area contributed by atoms with Gasteiger partial charge in [0.25, 0.3) is 0 Å². The van der Waals surface area contributed by atoms with Crippen LogP contribution in [0, 0.1) is 0 Å². The van der Waals surface area contributed by atoms with E-state index in [-0.39, 0.29) is 18.4 Å². The number of nitrogens with zero attached hydrogens (tertiary/aromatic N) is 4. The van der Waals surface area contributed by atoms with Crippen molar-refractivity contribution in [1.29, 1.82) is 0 Å². The van der Waals surface area contributed by atoms with Gasteiger partial charge in [0.15, 0.2) is 11.5 Å². The third-order valence-electron chi connectivity index (χ3n) is 3.72. The number of methoxy groups -OCH3 is 1. The zero-order valence-electron chi connectivity index (χ0n) is 11.9. The van der Waals surface area contributed by atoms with Gasteiger partial charge < -0.3 is 19.6 Å². The van der Waals surface area contributed by atoms with E-state index in [0.29, 0.717) is 29.8 Å². The molecule has 0 spiro atoms. The summed E-state index contributed by atoms with van der Waals surface area (Å²) in [5, 5.41) is 2.98. The fourth-order valence-corrected chi connectivity index (χ4v) is 2.67. The van der Waals surface area contributed by atoms with Crippen LogP contribution >= 0.6 is 0 Å². The molecule has 0 bridgehead atoms. The summed E-state index contributed by atoms with van der Waals surface area (Å²) in [4.78, 5) is 23.5. The molecule has 0 aromatic carbocycles. The Balaban J connectivity index is 1.93. The van der Waals surface area contributed by atoms with E-state index in [4.69, 9.17) is 9.47 Å². The molecule has 0 aliphatic carbocycles. The van der Waals surface area contributed by atoms with Gasteiger partial charge >= 0.3 is 0 Å². The van der Waals surface area contributed by atoms with Crippen LogP contribution in [0.1, 0.15) is 19.1 Å². The molecule has 3 atom stereocenters. The van der Waals surface area contributed by atoms with Crippen LogP contribution in [0.5, 0.6) is 0 Å². The molecular formula is C13H17N5O3. The van der Waals surface area contributed by atoms with Crippen LogP contribution in [0.4, 0.5) is 5.82 Å². The van der Waals surface area contributed by atoms with E-state index < -0.39 is 0 Å². The summed E-state index contributed by atoms with van der Waals surface area (Å²) >= 11 is 0. The van der Waals surface area contributed by atoms with Crippen molar-refractivity contribution in [3.05, 3.63) is 12.7 Å². The van der Waals surface area contributed by atoms with E-state index in [1.807, 2.05) is 4.57 Å². The van der Waals surface area contributed by atoms with Crippen molar-refractivity contribution in [2.75, 3.05) is 19.5 Å². The molecule has 2 aromatic rings. The van der Waals surface area contributed by atoms with Crippen LogP contribution in [0.15, 0.2) is 12.7 Å². The van der Waals surface area contributed by atoms with Gasteiger partial charge in [-0.25, -0.2) is 15.0 Å². The van der Waals surface area contributed by atoms with Gasteiger partial charge in [-0.15, -0.1) is 0 Å². The molecule has 8 heteroatoms. The van der Waals surface area contributed by atoms with E-state index in [0.717, 1.165) is 6.29 Å². The number of hydrogen-bond donors (Lipinski definition) is 1. The van der Waals surface area contributed by atoms with Gasteiger partial charge in [0, 0.05) is 27.0 Å². The van der Waals surface area contributed by atoms with Gasteiger partial charge in [-0.2, -0.15) is 0 Å². The normalized spacial score (nSPS) is 25.3. The summed E-state index contributed by atoms with van der Waals surface area (Å²) in [7, 11) is 3.41. The van der Waals surface area contributed by atoms with Crippen molar-refractivity contribution < 1.29 is 14.3 Å². The predicted octanol–water partition coefficient (Wildman–Crippen LogP) is 0.759. The zero-order chi connectivity index (χ0) is 14.8. The Bertz CT molecular complexity index is 644. The number of hydrogen-bond acceptors (Lipinski definition) is 7. The van der Waals surface area contributed by atoms with Crippen molar-refractivity contribution >= 4 is 23.3 Å². The number of rotatable bonds is 5. The zero-order valence-corrected chi connectivity index (χ0v) is 11.9. The smallest absolute Gasteiger partial charge is 0.167 e. The third kappa shape index (κ3) is 2.36. The molecule has 1 saturated heterocycles. The van der Waals surface area contributed by atoms with Crippen molar-refractivity contribution in [3.8, 4) is 0 Å². The average molecular weight is 291 g/mol. The molecule has 1 fully saturated rings. The second-order valence-electron chi connectivity index (χ2n) is 4.84. The van der Waals surface area contributed by atoms with Crippen molar-refractivity contribution in [3.63, 3.8) is 0 Å². The van der Waals surface area contributed by atoms with Gasteiger partial charge in [0.2, 0.25) is 0 Å². The van der Waals surface area contributed by atoms with Crippen LogP contribution in [0.25, 0.3) is 11.2 Å². The molecule has 112 valence electrons. The summed E-state index contributed by atoms with van der Waals surface area (Å²) in [6.45, 7) is 0. The molecule has 0 radical (unpaired) electrons. The lowest BCUT2D eigenvalue weighted by atomic mass is 10.1. The fraction of sp³-hybridized carbons (Fsp3) is 0.538. The number of imidazole rings is 1. The number of aldehydes is 1. The predicted molar refractivity (Wildman–Crippen MR) is 74.9 cm³/mol. The molecule has 21 heavy (non-hydrogen) atoms. The maximum absolute atomic E-state index is 10.7. The van der Waals surface area contributed by atoms with Gasteiger partial charge in [-0.3, -0.25) is 4.57 Å². The van der Waals surface area contributed by atoms with Crippen molar-refractivity contribution in [2.24, 2.45) is 0 Å². The van der Waals surface area contributed by atoms with Gasteiger partial charge in [0.05, 0.1) is 18.5 Å². The first kappa shape index (κ1) is 13.9. The van der Waals surface area contributed by atoms with E-state index in [1.54, 1.807) is 20.5 Å². The van der Waals surface area contributed by atoms with E-state index in [1.165, 1.54) is 6.33 Å². The minimum atomic E-state index is -0.246. The van der Waals surface area contributed by atoms with E-state index >= 15 is 0 Å². The highest BCUT2D eigenvalue weighted by Crippen LogP contribution is 2.33. The Morgan fingerprint density at radius 3 is 3.10 bits per heavy atom. The summed E-state index contributed by atoms with van der Waals surface area (Å²) in [6.07, 6.45) is 4.40. The lowest BCUT2D eigenvalue weighted by Crippen LogP contribution is -2.23. The fourth-order valence-electron chi connectivity index (χ4n) is 2.67. The van der Waals surface area contributed by atoms with E-state index in [9.17, 15) is 4.79 Å². The Labute approximate surface area is 121 Å². The standard InChI is InChI=1S/C13H17N5O3/c1-14-12-11-13(16-6-15-12)18(7-17-11)10-5-9(20-2)8(21-10)3-4-19/h4,6-10H,3,5H2,1-2H3,(H,14,15,16)/t8?,9-,10?/m1/s1. The molecule has 2 unspecified atom stereocenters. The van der Waals surface area contributed by atoms with Crippen LogP contribution < -0.4 is 5.32 Å². The topological polar surface area (TPSA) is 91.2 Å². The lowest BCUT2D eigenvalue weighted by molar-refractivity contribution is -0.112. The van der Waals surface area contributed by atoms with Gasteiger partial charge in [0.1, 0.15) is 24.4 Å². The Kier molecular flexibility index (Phi) is 3.80. The van der Waals surface area contributed by atoms with Crippen molar-refractivity contribution in [2.45, 2.75) is 31.3 Å². The molecule has 8 nitrogen and oxygen atoms in total. The molecule has 0 saturated carbocycles. The second-order valence-corrected chi connectivity index (χ2v) is 4.84. The number of carbonyl (C=O) groups excluding carboxylic acids is 1. The summed E-state index contributed by atoms with van der Waals surface area (Å²) in [6, 6.07) is 0. The van der Waals surface area contributed by atoms with E-state index in [2.05, 4.69) is 20.3 Å². The van der Waals surface area contributed by atoms with Gasteiger partial charge in [-0.1, -0.05) is 0 Å². The molecular weight excluding hydrogens is 274 g/mol. The minimum Gasteiger partial charge on any atom is -0.379 e. The SMILES string of the molecule is CNc1ncnc2c1ncn2C1C[C@@H](OC)C(CC=O)O1. The number of aromatic nitrogens is 4. The Morgan fingerprint density at radius 1 is 1.52 bits per heavy atom. The largest absolute Gasteiger partial charge is 0.379 e. The van der Waals surface area contributed by atoms with Crippen LogP contribution in [0.2, 0.25) is 0 Å². The van der Waals surface area contributed by atoms with Crippen molar-refractivity contribution in [1.82, 2.24) is 19.5 Å². The first-order valence-corrected chi connectivity index (χ1v) is 6.75. The van der Waals surface area contributed by atoms with Gasteiger partial charge in [-0.05, 0) is 0 Å². The summed E-state index contributed by atoms with van der Waals surface area (Å²) in [5.74, 6) is 0.671. The first-order chi connectivity index (χ1) is 10.3. The minimum absolute atomic E-state index is 0.108. The van der Waals surface area contributed by atoms with Crippen LogP contribution in [0.3, 0.4) is 0 Å². The number of fused-ring (bicyclic) bond motifs is 1. The Morgan fingerprint density at radius 2 is 2.38 bits per heavy atom. The van der Waals surface area contributed by atoms with Crippen LogP contribution in [-0.2, 0) is 14.3 Å². The molecule has 0 amide bonds. The monoisotopic (exact) mass is 291 g/mol. The number of anilines is 1. The molecule has 1 N–H and O–H groups in total. The highest BCUT2D eigenvalue weighted by molar-refractivity contribution is 5.82. The maximum atomic E-state index is 10.7. The second kappa shape index (κ2) is 5.74. The number of ether oxygens (including phenoxy) is 2. The number of nitrogens with one attached hydrogen (secondary N) is 1. The third-order valence-corrected chi connectivity index (χ3v) is 3.72. The van der Waals surface area contributed by atoms with Crippen LogP contribution in [-0.4, -0.2) is 52.2 Å². The maximum Gasteiger partial charge on any atom is 0.167 e. The summed E-state index contributed by atoms with van der Waals surface area (Å²) in [5.41, 5.74) is 1.39. The molecule has 3 rings (SSSR count). The highest BCUT2D eigenvalue weighted by atomic mass is 16.6. The first-order valence-electron chi connectivity index (χ1n) is 6.75.